The van der Waals surface area contributed by atoms with Gasteiger partial charge < -0.3 is 21.3 Å². The number of hydrogen-bond acceptors (Lipinski definition) is 8. The maximum Gasteiger partial charge on any atom is 0.339 e. The molecule has 29 heavy (non-hydrogen) atoms. The minimum absolute atomic E-state index is 0.0173. The zero-order valence-corrected chi connectivity index (χ0v) is 16.4. The molecular weight excluding hydrogens is 423 g/mol. The smallest absolute Gasteiger partial charge is 0.339 e. The summed E-state index contributed by atoms with van der Waals surface area (Å²) in [6.45, 7) is 1.75. The number of phenols is 1. The number of rotatable bonds is 5. The number of nitrogens with one attached hydrogen (secondary N) is 1. The summed E-state index contributed by atoms with van der Waals surface area (Å²) in [6.07, 6.45) is 0. The number of nitrogens with zero attached hydrogens (tertiary/aromatic N) is 2. The zero-order valence-electron chi connectivity index (χ0n) is 14.7. The van der Waals surface area contributed by atoms with E-state index >= 15 is 0 Å². The lowest BCUT2D eigenvalue weighted by Gasteiger charge is -2.04. The average Bonchev–Trinajstić information content (AvgIpc) is 3.27. The largest absolute Gasteiger partial charge is 0.507 e. The van der Waals surface area contributed by atoms with E-state index in [1.54, 1.807) is 12.3 Å². The topological polar surface area (TPSA) is 156 Å². The van der Waals surface area contributed by atoms with E-state index in [4.69, 9.17) is 10.8 Å². The van der Waals surface area contributed by atoms with Crippen molar-refractivity contribution in [2.24, 2.45) is 5.73 Å². The van der Waals surface area contributed by atoms with Crippen molar-refractivity contribution in [3.63, 3.8) is 0 Å². The third-order valence-electron chi connectivity index (χ3n) is 3.75. The lowest BCUT2D eigenvalue weighted by Crippen LogP contribution is -2.35. The van der Waals surface area contributed by atoms with E-state index in [0.29, 0.717) is 21.3 Å². The van der Waals surface area contributed by atoms with Crippen LogP contribution in [0.15, 0.2) is 17.5 Å². The Balaban J connectivity index is 1.87. The molecular formula is C17H13FN4O5S2. The predicted molar refractivity (Wildman–Crippen MR) is 103 cm³/mol. The average molecular weight is 436 g/mol. The van der Waals surface area contributed by atoms with Crippen LogP contribution in [0.4, 0.5) is 4.39 Å². The van der Waals surface area contributed by atoms with E-state index in [2.05, 4.69) is 15.3 Å². The number of amides is 2. The summed E-state index contributed by atoms with van der Waals surface area (Å²) in [5, 5.41) is 23.6. The molecule has 150 valence electrons. The third kappa shape index (κ3) is 4.22. The molecule has 0 atom stereocenters. The quantitative estimate of drug-likeness (QED) is 0.445. The van der Waals surface area contributed by atoms with Crippen molar-refractivity contribution in [3.8, 4) is 26.9 Å². The zero-order chi connectivity index (χ0) is 21.3. The molecule has 9 nitrogen and oxygen atoms in total. The van der Waals surface area contributed by atoms with Crippen LogP contribution >= 0.6 is 22.7 Å². The van der Waals surface area contributed by atoms with Gasteiger partial charge in [0.2, 0.25) is 0 Å². The maximum atomic E-state index is 14.3. The number of carboxylic acid groups (broad SMARTS) is 1. The van der Waals surface area contributed by atoms with Crippen molar-refractivity contribution in [1.82, 2.24) is 15.3 Å². The molecule has 0 aliphatic heterocycles. The molecule has 3 aromatic rings. The summed E-state index contributed by atoms with van der Waals surface area (Å²) in [5.41, 5.74) is 5.44. The number of nitrogens with two attached hydrogens (primary N) is 1. The maximum absolute atomic E-state index is 14.3. The summed E-state index contributed by atoms with van der Waals surface area (Å²) in [4.78, 5) is 42.3. The minimum atomic E-state index is -1.44. The molecule has 12 heteroatoms. The first-order valence-electron chi connectivity index (χ1n) is 7.93. The fourth-order valence-electron chi connectivity index (χ4n) is 2.41. The Morgan fingerprint density at radius 3 is 2.66 bits per heavy atom. The Morgan fingerprint density at radius 2 is 2.00 bits per heavy atom. The fraction of sp³-hybridized carbons (Fsp3) is 0.118. The van der Waals surface area contributed by atoms with Crippen molar-refractivity contribution < 1.29 is 29.0 Å². The Kier molecular flexibility index (Phi) is 5.57. The Labute approximate surface area is 170 Å². The van der Waals surface area contributed by atoms with Gasteiger partial charge in [0.15, 0.2) is 0 Å². The third-order valence-corrected chi connectivity index (χ3v) is 5.80. The second-order valence-electron chi connectivity index (χ2n) is 5.76. The standard InChI is InChI=1S/C17H13FN4O5S2/c1-6-13(29-12(21-6)4-20-15(25)14(19)24)10-5-28-16(22-10)7-3-11(23)8(17(26)27)2-9(7)18/h2-3,5,23H,4H2,1H3,(H2,19,24)(H,20,25)(H,26,27). The van der Waals surface area contributed by atoms with E-state index in [9.17, 15) is 23.9 Å². The number of carbonyl (C=O) groups excluding carboxylic acids is 2. The van der Waals surface area contributed by atoms with Gasteiger partial charge in [-0.2, -0.15) is 0 Å². The van der Waals surface area contributed by atoms with Crippen LogP contribution < -0.4 is 11.1 Å². The predicted octanol–water partition coefficient (Wildman–Crippen LogP) is 1.89. The van der Waals surface area contributed by atoms with Crippen LogP contribution in [0.5, 0.6) is 5.75 Å². The SMILES string of the molecule is Cc1nc(CNC(=O)C(N)=O)sc1-c1csc(-c2cc(O)c(C(=O)O)cc2F)n1. The molecule has 0 aliphatic rings. The number of aromatic hydroxyl groups is 1. The minimum Gasteiger partial charge on any atom is -0.507 e. The number of aryl methyl sites for hydroxylation is 1. The van der Waals surface area contributed by atoms with Gasteiger partial charge in [0.25, 0.3) is 0 Å². The summed E-state index contributed by atoms with van der Waals surface area (Å²) in [7, 11) is 0. The first kappa shape index (κ1) is 20.4. The van der Waals surface area contributed by atoms with Crippen LogP contribution in [-0.2, 0) is 16.1 Å². The second-order valence-corrected chi connectivity index (χ2v) is 7.70. The first-order valence-corrected chi connectivity index (χ1v) is 9.63. The van der Waals surface area contributed by atoms with Crippen LogP contribution in [0.25, 0.3) is 21.1 Å². The van der Waals surface area contributed by atoms with Crippen LogP contribution in [0.1, 0.15) is 21.1 Å². The van der Waals surface area contributed by atoms with Gasteiger partial charge in [0.05, 0.1) is 22.8 Å². The molecule has 3 rings (SSSR count). The van der Waals surface area contributed by atoms with Crippen molar-refractivity contribution in [2.45, 2.75) is 13.5 Å². The van der Waals surface area contributed by atoms with E-state index in [-0.39, 0.29) is 17.1 Å². The number of hydrogen-bond donors (Lipinski definition) is 4. The van der Waals surface area contributed by atoms with Crippen molar-refractivity contribution in [1.29, 1.82) is 0 Å². The van der Waals surface area contributed by atoms with Gasteiger partial charge in [0, 0.05) is 10.9 Å². The van der Waals surface area contributed by atoms with Crippen molar-refractivity contribution >= 4 is 40.5 Å². The highest BCUT2D eigenvalue weighted by Crippen LogP contribution is 2.36. The van der Waals surface area contributed by atoms with E-state index in [0.717, 1.165) is 23.5 Å². The molecule has 0 spiro atoms. The Bertz CT molecular complexity index is 1140. The van der Waals surface area contributed by atoms with Gasteiger partial charge >= 0.3 is 17.8 Å². The number of carbonyl (C=O) groups is 3. The fourth-order valence-corrected chi connectivity index (χ4v) is 4.28. The molecule has 5 N–H and O–H groups in total. The number of thiazole rings is 2. The molecule has 0 radical (unpaired) electrons. The molecule has 0 aliphatic carbocycles. The number of aromatic nitrogens is 2. The van der Waals surface area contributed by atoms with Crippen LogP contribution in [0.2, 0.25) is 0 Å². The monoisotopic (exact) mass is 436 g/mol. The van der Waals surface area contributed by atoms with Gasteiger partial charge in [-0.1, -0.05) is 0 Å². The molecule has 0 fully saturated rings. The molecule has 0 bridgehead atoms. The lowest BCUT2D eigenvalue weighted by atomic mass is 10.1. The normalized spacial score (nSPS) is 10.7. The van der Waals surface area contributed by atoms with Gasteiger partial charge in [-0.05, 0) is 19.1 Å². The van der Waals surface area contributed by atoms with E-state index in [1.165, 1.54) is 11.3 Å². The number of primary amides is 1. The number of halogens is 1. The first-order chi connectivity index (χ1) is 13.7. The van der Waals surface area contributed by atoms with Gasteiger partial charge in [-0.25, -0.2) is 19.2 Å². The highest BCUT2D eigenvalue weighted by molar-refractivity contribution is 7.16. The molecule has 0 unspecified atom stereocenters. The lowest BCUT2D eigenvalue weighted by molar-refractivity contribution is -0.137. The number of carboxylic acids is 1. The summed E-state index contributed by atoms with van der Waals surface area (Å²) in [5.74, 6) is -4.84. The van der Waals surface area contributed by atoms with Crippen LogP contribution in [0, 0.1) is 12.7 Å². The Morgan fingerprint density at radius 1 is 1.28 bits per heavy atom. The highest BCUT2D eigenvalue weighted by atomic mass is 32.1. The second kappa shape index (κ2) is 7.93. The van der Waals surface area contributed by atoms with Crippen LogP contribution in [0.3, 0.4) is 0 Å². The molecule has 0 saturated heterocycles. The van der Waals surface area contributed by atoms with Gasteiger partial charge in [0.1, 0.15) is 27.1 Å². The van der Waals surface area contributed by atoms with Crippen LogP contribution in [-0.4, -0.2) is 38.0 Å². The molecule has 2 heterocycles. The van der Waals surface area contributed by atoms with Gasteiger partial charge in [-0.3, -0.25) is 9.59 Å². The molecule has 2 amide bonds. The van der Waals surface area contributed by atoms with Crippen molar-refractivity contribution in [2.75, 3.05) is 0 Å². The van der Waals surface area contributed by atoms with Gasteiger partial charge in [-0.15, -0.1) is 22.7 Å². The number of aromatic carboxylic acids is 1. The summed E-state index contributed by atoms with van der Waals surface area (Å²) >= 11 is 2.35. The highest BCUT2D eigenvalue weighted by Gasteiger charge is 2.19. The number of benzene rings is 1. The molecule has 2 aromatic heterocycles. The van der Waals surface area contributed by atoms with Crippen molar-refractivity contribution in [3.05, 3.63) is 39.6 Å². The summed E-state index contributed by atoms with van der Waals surface area (Å²) in [6, 6.07) is 1.76. The molecule has 1 aromatic carbocycles. The van der Waals surface area contributed by atoms with E-state index < -0.39 is 34.9 Å². The van der Waals surface area contributed by atoms with E-state index in [1.807, 2.05) is 0 Å². The summed E-state index contributed by atoms with van der Waals surface area (Å²) < 4.78 is 14.3. The molecule has 0 saturated carbocycles. The Hall–Kier alpha value is -3.38.